The molecular formula is C12H17N. The molecule has 13 heavy (non-hydrogen) atoms. The highest BCUT2D eigenvalue weighted by molar-refractivity contribution is 5.35. The minimum Gasteiger partial charge on any atom is -0.392 e. The van der Waals surface area contributed by atoms with Crippen LogP contribution in [-0.2, 0) is 6.42 Å². The maximum absolute atomic E-state index is 3.93. The van der Waals surface area contributed by atoms with Crippen molar-refractivity contribution in [2.24, 2.45) is 0 Å². The second-order valence-corrected chi connectivity index (χ2v) is 3.39. The predicted molar refractivity (Wildman–Crippen MR) is 57.8 cm³/mol. The average molecular weight is 175 g/mol. The van der Waals surface area contributed by atoms with E-state index in [0.29, 0.717) is 0 Å². The molecule has 0 radical (unpaired) electrons. The van der Waals surface area contributed by atoms with E-state index in [1.54, 1.807) is 0 Å². The van der Waals surface area contributed by atoms with Gasteiger partial charge in [-0.15, -0.1) is 0 Å². The SMILES string of the molecule is C=C(Cc1cccc(C)c1C)NC. The minimum absolute atomic E-state index is 0.921. The Bertz CT molecular complexity index is 313. The molecule has 0 fully saturated rings. The van der Waals surface area contributed by atoms with Crippen molar-refractivity contribution in [2.75, 3.05) is 7.05 Å². The molecule has 1 nitrogen and oxygen atoms in total. The lowest BCUT2D eigenvalue weighted by atomic mass is 10.0. The van der Waals surface area contributed by atoms with E-state index >= 15 is 0 Å². The molecule has 0 saturated carbocycles. The number of nitrogens with one attached hydrogen (secondary N) is 1. The lowest BCUT2D eigenvalue weighted by molar-refractivity contribution is 0.922. The first-order valence-corrected chi connectivity index (χ1v) is 4.55. The molecule has 0 aliphatic heterocycles. The molecule has 1 N–H and O–H groups in total. The van der Waals surface area contributed by atoms with E-state index < -0.39 is 0 Å². The van der Waals surface area contributed by atoms with Gasteiger partial charge in [-0.25, -0.2) is 0 Å². The number of hydrogen-bond donors (Lipinski definition) is 1. The number of rotatable bonds is 3. The zero-order chi connectivity index (χ0) is 9.84. The smallest absolute Gasteiger partial charge is 0.0119 e. The Morgan fingerprint density at radius 2 is 2.08 bits per heavy atom. The van der Waals surface area contributed by atoms with Crippen molar-refractivity contribution in [3.05, 3.63) is 47.2 Å². The van der Waals surface area contributed by atoms with E-state index in [0.717, 1.165) is 12.1 Å². The van der Waals surface area contributed by atoms with Gasteiger partial charge in [0.05, 0.1) is 0 Å². The largest absolute Gasteiger partial charge is 0.392 e. The molecular weight excluding hydrogens is 158 g/mol. The van der Waals surface area contributed by atoms with Crippen LogP contribution in [0.25, 0.3) is 0 Å². The summed E-state index contributed by atoms with van der Waals surface area (Å²) in [6.07, 6.45) is 0.921. The molecule has 1 aromatic rings. The van der Waals surface area contributed by atoms with Gasteiger partial charge in [0, 0.05) is 19.2 Å². The lowest BCUT2D eigenvalue weighted by Crippen LogP contribution is -2.07. The molecule has 0 bridgehead atoms. The number of likely N-dealkylation sites (N-methyl/N-ethyl adjacent to an activating group) is 1. The number of benzene rings is 1. The number of hydrogen-bond acceptors (Lipinski definition) is 1. The Labute approximate surface area is 80.5 Å². The van der Waals surface area contributed by atoms with Crippen LogP contribution in [0.4, 0.5) is 0 Å². The molecule has 0 amide bonds. The first-order valence-electron chi connectivity index (χ1n) is 4.55. The summed E-state index contributed by atoms with van der Waals surface area (Å²) < 4.78 is 0. The topological polar surface area (TPSA) is 12.0 Å². The van der Waals surface area contributed by atoms with Gasteiger partial charge in [0.1, 0.15) is 0 Å². The summed E-state index contributed by atoms with van der Waals surface area (Å²) >= 11 is 0. The highest BCUT2D eigenvalue weighted by atomic mass is 14.8. The summed E-state index contributed by atoms with van der Waals surface area (Å²) in [7, 11) is 1.91. The van der Waals surface area contributed by atoms with Gasteiger partial charge in [0.25, 0.3) is 0 Å². The van der Waals surface area contributed by atoms with Crippen LogP contribution in [0.3, 0.4) is 0 Å². The summed E-state index contributed by atoms with van der Waals surface area (Å²) in [5.41, 5.74) is 5.15. The van der Waals surface area contributed by atoms with Crippen molar-refractivity contribution in [3.8, 4) is 0 Å². The Hall–Kier alpha value is -1.24. The van der Waals surface area contributed by atoms with E-state index in [1.807, 2.05) is 7.05 Å². The van der Waals surface area contributed by atoms with E-state index in [2.05, 4.69) is 43.9 Å². The third kappa shape index (κ3) is 2.35. The van der Waals surface area contributed by atoms with E-state index in [-0.39, 0.29) is 0 Å². The fourth-order valence-corrected chi connectivity index (χ4v) is 1.32. The van der Waals surface area contributed by atoms with Crippen LogP contribution in [-0.4, -0.2) is 7.05 Å². The summed E-state index contributed by atoms with van der Waals surface area (Å²) in [4.78, 5) is 0. The zero-order valence-corrected chi connectivity index (χ0v) is 8.65. The van der Waals surface area contributed by atoms with Crippen molar-refractivity contribution >= 4 is 0 Å². The van der Waals surface area contributed by atoms with E-state index in [4.69, 9.17) is 0 Å². The van der Waals surface area contributed by atoms with Gasteiger partial charge >= 0.3 is 0 Å². The van der Waals surface area contributed by atoms with Crippen LogP contribution in [0, 0.1) is 13.8 Å². The summed E-state index contributed by atoms with van der Waals surface area (Å²) in [6.45, 7) is 8.23. The Balaban J connectivity index is 2.89. The van der Waals surface area contributed by atoms with Crippen molar-refractivity contribution in [1.82, 2.24) is 5.32 Å². The van der Waals surface area contributed by atoms with Gasteiger partial charge in [0.2, 0.25) is 0 Å². The third-order valence-corrected chi connectivity index (χ3v) is 2.47. The maximum Gasteiger partial charge on any atom is 0.0119 e. The van der Waals surface area contributed by atoms with Crippen molar-refractivity contribution in [1.29, 1.82) is 0 Å². The maximum atomic E-state index is 3.93. The fraction of sp³-hybridized carbons (Fsp3) is 0.333. The molecule has 0 saturated heterocycles. The quantitative estimate of drug-likeness (QED) is 0.744. The first kappa shape index (κ1) is 9.85. The van der Waals surface area contributed by atoms with Crippen LogP contribution < -0.4 is 5.32 Å². The van der Waals surface area contributed by atoms with Gasteiger partial charge in [-0.2, -0.15) is 0 Å². The molecule has 1 heteroatoms. The highest BCUT2D eigenvalue weighted by Gasteiger charge is 2.01. The molecule has 0 aliphatic rings. The van der Waals surface area contributed by atoms with Crippen LogP contribution >= 0.6 is 0 Å². The second-order valence-electron chi connectivity index (χ2n) is 3.39. The normalized spacial score (nSPS) is 9.77. The van der Waals surface area contributed by atoms with Crippen molar-refractivity contribution in [2.45, 2.75) is 20.3 Å². The van der Waals surface area contributed by atoms with Gasteiger partial charge in [-0.05, 0) is 30.5 Å². The standard InChI is InChI=1S/C12H17N/c1-9-6-5-7-12(11(9)3)8-10(2)13-4/h5-7,13H,2,8H2,1,3-4H3. The first-order chi connectivity index (χ1) is 6.15. The number of allylic oxidation sites excluding steroid dienone is 1. The van der Waals surface area contributed by atoms with Crippen LogP contribution in [0.5, 0.6) is 0 Å². The monoisotopic (exact) mass is 175 g/mol. The van der Waals surface area contributed by atoms with Crippen molar-refractivity contribution < 1.29 is 0 Å². The molecule has 70 valence electrons. The number of aryl methyl sites for hydroxylation is 1. The molecule has 0 aliphatic carbocycles. The molecule has 0 heterocycles. The van der Waals surface area contributed by atoms with Crippen LogP contribution in [0.1, 0.15) is 16.7 Å². The molecule has 0 atom stereocenters. The summed E-state index contributed by atoms with van der Waals surface area (Å²) in [6, 6.07) is 6.40. The third-order valence-electron chi connectivity index (χ3n) is 2.47. The Morgan fingerprint density at radius 1 is 1.38 bits per heavy atom. The molecule has 1 aromatic carbocycles. The Morgan fingerprint density at radius 3 is 2.69 bits per heavy atom. The van der Waals surface area contributed by atoms with Crippen LogP contribution in [0.2, 0.25) is 0 Å². The van der Waals surface area contributed by atoms with E-state index in [1.165, 1.54) is 16.7 Å². The average Bonchev–Trinajstić information content (AvgIpc) is 2.13. The molecule has 1 rings (SSSR count). The van der Waals surface area contributed by atoms with Gasteiger partial charge in [-0.3, -0.25) is 0 Å². The predicted octanol–water partition coefficient (Wildman–Crippen LogP) is 2.58. The van der Waals surface area contributed by atoms with Crippen LogP contribution in [0.15, 0.2) is 30.5 Å². The molecule has 0 spiro atoms. The molecule has 0 unspecified atom stereocenters. The highest BCUT2D eigenvalue weighted by Crippen LogP contribution is 2.14. The Kier molecular flexibility index (Phi) is 3.13. The van der Waals surface area contributed by atoms with Gasteiger partial charge in [-0.1, -0.05) is 24.8 Å². The molecule has 0 aromatic heterocycles. The minimum atomic E-state index is 0.921. The second kappa shape index (κ2) is 4.13. The van der Waals surface area contributed by atoms with Crippen molar-refractivity contribution in [3.63, 3.8) is 0 Å². The fourth-order valence-electron chi connectivity index (χ4n) is 1.32. The summed E-state index contributed by atoms with van der Waals surface area (Å²) in [5.74, 6) is 0. The lowest BCUT2D eigenvalue weighted by Gasteiger charge is -2.09. The van der Waals surface area contributed by atoms with Gasteiger partial charge < -0.3 is 5.32 Å². The summed E-state index contributed by atoms with van der Waals surface area (Å²) in [5, 5.41) is 3.07. The van der Waals surface area contributed by atoms with E-state index in [9.17, 15) is 0 Å². The van der Waals surface area contributed by atoms with Gasteiger partial charge in [0.15, 0.2) is 0 Å². The zero-order valence-electron chi connectivity index (χ0n) is 8.65.